The van der Waals surface area contributed by atoms with Crippen LogP contribution in [0, 0.1) is 11.8 Å². The normalized spacial score (nSPS) is 25.9. The van der Waals surface area contributed by atoms with Gasteiger partial charge in [-0.3, -0.25) is 9.59 Å². The number of rotatable bonds is 6. The lowest BCUT2D eigenvalue weighted by Crippen LogP contribution is -2.51. The van der Waals surface area contributed by atoms with Crippen LogP contribution in [0.25, 0.3) is 0 Å². The lowest BCUT2D eigenvalue weighted by Gasteiger charge is -2.42. The maximum atomic E-state index is 13.4. The van der Waals surface area contributed by atoms with Crippen molar-refractivity contribution in [2.75, 3.05) is 33.8 Å². The van der Waals surface area contributed by atoms with E-state index in [0.29, 0.717) is 18.9 Å². The molecule has 0 radical (unpaired) electrons. The van der Waals surface area contributed by atoms with Crippen LogP contribution in [0.2, 0.25) is 0 Å². The molecule has 1 aliphatic carbocycles. The number of ether oxygens (including phenoxy) is 1. The van der Waals surface area contributed by atoms with Gasteiger partial charge >= 0.3 is 0 Å². The van der Waals surface area contributed by atoms with E-state index in [2.05, 4.69) is 5.32 Å². The zero-order chi connectivity index (χ0) is 20.4. The Morgan fingerprint density at radius 2 is 1.79 bits per heavy atom. The molecular formula is C23H33N3O3. The molecule has 6 nitrogen and oxygen atoms in total. The summed E-state index contributed by atoms with van der Waals surface area (Å²) in [6, 6.07) is 8.09. The quantitative estimate of drug-likeness (QED) is 0.799. The van der Waals surface area contributed by atoms with Gasteiger partial charge in [0.2, 0.25) is 11.8 Å². The summed E-state index contributed by atoms with van der Waals surface area (Å²) in [7, 11) is 3.46. The minimum atomic E-state index is -0.208. The number of nitrogens with one attached hydrogen (secondary N) is 1. The Hall–Kier alpha value is -2.08. The summed E-state index contributed by atoms with van der Waals surface area (Å²) in [4.78, 5) is 29.6. The molecule has 2 unspecified atom stereocenters. The zero-order valence-electron chi connectivity index (χ0n) is 17.6. The van der Waals surface area contributed by atoms with Crippen molar-refractivity contribution in [3.63, 3.8) is 0 Å². The van der Waals surface area contributed by atoms with Gasteiger partial charge in [-0.1, -0.05) is 12.1 Å². The number of benzene rings is 1. The van der Waals surface area contributed by atoms with Crippen LogP contribution in [0.4, 0.5) is 0 Å². The first-order valence-corrected chi connectivity index (χ1v) is 11.0. The summed E-state index contributed by atoms with van der Waals surface area (Å²) < 4.78 is 5.26. The maximum Gasteiger partial charge on any atom is 0.228 e. The van der Waals surface area contributed by atoms with Crippen molar-refractivity contribution in [2.24, 2.45) is 11.8 Å². The van der Waals surface area contributed by atoms with Crippen LogP contribution in [0.3, 0.4) is 0 Å². The summed E-state index contributed by atoms with van der Waals surface area (Å²) in [5.41, 5.74) is 1.00. The second kappa shape index (κ2) is 8.74. The SMILES string of the molecule is COc1ccc(C2C(C(=O)N3CCC(NCC4CC4)CC3)CCC(=O)N2C)cc1. The number of piperidine rings is 2. The Bertz CT molecular complexity index is 723. The molecule has 1 aromatic rings. The van der Waals surface area contributed by atoms with E-state index in [1.165, 1.54) is 12.8 Å². The Kier molecular flexibility index (Phi) is 6.09. The number of carbonyl (C=O) groups is 2. The fourth-order valence-electron chi connectivity index (χ4n) is 4.75. The first kappa shape index (κ1) is 20.2. The minimum absolute atomic E-state index is 0.109. The fourth-order valence-corrected chi connectivity index (χ4v) is 4.75. The molecule has 158 valence electrons. The van der Waals surface area contributed by atoms with E-state index < -0.39 is 0 Å². The van der Waals surface area contributed by atoms with Crippen molar-refractivity contribution in [1.29, 1.82) is 0 Å². The highest BCUT2D eigenvalue weighted by molar-refractivity contribution is 5.85. The second-order valence-electron chi connectivity index (χ2n) is 8.82. The molecule has 2 amide bonds. The molecule has 0 aromatic heterocycles. The molecule has 1 N–H and O–H groups in total. The molecule has 2 aliphatic heterocycles. The third-order valence-electron chi connectivity index (χ3n) is 6.83. The van der Waals surface area contributed by atoms with Crippen LogP contribution < -0.4 is 10.1 Å². The molecule has 1 aromatic carbocycles. The lowest BCUT2D eigenvalue weighted by atomic mass is 9.83. The van der Waals surface area contributed by atoms with Crippen molar-refractivity contribution < 1.29 is 14.3 Å². The molecule has 1 saturated carbocycles. The van der Waals surface area contributed by atoms with Gasteiger partial charge in [-0.25, -0.2) is 0 Å². The highest BCUT2D eigenvalue weighted by Crippen LogP contribution is 2.38. The molecule has 6 heteroatoms. The molecule has 2 atom stereocenters. The molecule has 0 spiro atoms. The summed E-state index contributed by atoms with van der Waals surface area (Å²) in [6.45, 7) is 2.75. The average Bonchev–Trinajstić information content (AvgIpc) is 3.59. The largest absolute Gasteiger partial charge is 0.497 e. The second-order valence-corrected chi connectivity index (χ2v) is 8.82. The van der Waals surface area contributed by atoms with Crippen LogP contribution >= 0.6 is 0 Å². The molecule has 3 aliphatic rings. The van der Waals surface area contributed by atoms with E-state index in [-0.39, 0.29) is 23.8 Å². The van der Waals surface area contributed by atoms with Crippen molar-refractivity contribution >= 4 is 11.8 Å². The van der Waals surface area contributed by atoms with Gasteiger partial charge in [0.15, 0.2) is 0 Å². The van der Waals surface area contributed by atoms with E-state index in [4.69, 9.17) is 4.74 Å². The average molecular weight is 400 g/mol. The predicted molar refractivity (Wildman–Crippen MR) is 112 cm³/mol. The minimum Gasteiger partial charge on any atom is -0.497 e. The van der Waals surface area contributed by atoms with Crippen molar-refractivity contribution in [3.05, 3.63) is 29.8 Å². The molecule has 4 rings (SSSR count). The van der Waals surface area contributed by atoms with Gasteiger partial charge in [0.1, 0.15) is 5.75 Å². The number of amides is 2. The summed E-state index contributed by atoms with van der Waals surface area (Å²) in [6.07, 6.45) is 5.84. The fraction of sp³-hybridized carbons (Fsp3) is 0.652. The van der Waals surface area contributed by atoms with Crippen LogP contribution in [0.5, 0.6) is 5.75 Å². The number of methoxy groups -OCH3 is 1. The molecule has 3 fully saturated rings. The van der Waals surface area contributed by atoms with E-state index >= 15 is 0 Å². The Morgan fingerprint density at radius 1 is 1.10 bits per heavy atom. The Balaban J connectivity index is 1.42. The maximum absolute atomic E-state index is 13.4. The number of hydrogen-bond acceptors (Lipinski definition) is 4. The van der Waals surface area contributed by atoms with Crippen LogP contribution in [0.1, 0.15) is 50.1 Å². The van der Waals surface area contributed by atoms with Crippen molar-refractivity contribution in [3.8, 4) is 5.75 Å². The number of likely N-dealkylation sites (tertiary alicyclic amines) is 2. The Morgan fingerprint density at radius 3 is 2.41 bits per heavy atom. The standard InChI is InChI=1S/C23H33N3O3/c1-25-21(27)10-9-20(22(25)17-5-7-19(29-2)8-6-17)23(28)26-13-11-18(12-14-26)24-15-16-3-4-16/h5-8,16,18,20,22,24H,3-4,9-15H2,1-2H3. The van der Waals surface area contributed by atoms with Crippen LogP contribution in [-0.2, 0) is 9.59 Å². The molecule has 2 saturated heterocycles. The first-order chi connectivity index (χ1) is 14.1. The summed E-state index contributed by atoms with van der Waals surface area (Å²) in [5.74, 6) is 1.79. The van der Waals surface area contributed by atoms with E-state index in [0.717, 1.165) is 49.7 Å². The van der Waals surface area contributed by atoms with Gasteiger partial charge in [0.05, 0.1) is 19.1 Å². The van der Waals surface area contributed by atoms with Crippen LogP contribution in [0.15, 0.2) is 24.3 Å². The van der Waals surface area contributed by atoms with Gasteiger partial charge < -0.3 is 19.9 Å². The Labute approximate surface area is 173 Å². The van der Waals surface area contributed by atoms with Crippen molar-refractivity contribution in [2.45, 2.75) is 50.6 Å². The van der Waals surface area contributed by atoms with Gasteiger partial charge in [0, 0.05) is 32.6 Å². The highest BCUT2D eigenvalue weighted by Gasteiger charge is 2.41. The van der Waals surface area contributed by atoms with E-state index in [1.807, 2.05) is 36.2 Å². The number of nitrogens with zero attached hydrogens (tertiary/aromatic N) is 2. The summed E-state index contributed by atoms with van der Waals surface area (Å²) >= 11 is 0. The molecule has 29 heavy (non-hydrogen) atoms. The zero-order valence-corrected chi connectivity index (χ0v) is 17.6. The number of carbonyl (C=O) groups excluding carboxylic acids is 2. The summed E-state index contributed by atoms with van der Waals surface area (Å²) in [5, 5.41) is 3.68. The van der Waals surface area contributed by atoms with Gasteiger partial charge in [-0.05, 0) is 62.3 Å². The van der Waals surface area contributed by atoms with Gasteiger partial charge in [-0.15, -0.1) is 0 Å². The molecule has 0 bridgehead atoms. The highest BCUT2D eigenvalue weighted by atomic mass is 16.5. The van der Waals surface area contributed by atoms with Gasteiger partial charge in [0.25, 0.3) is 0 Å². The number of hydrogen-bond donors (Lipinski definition) is 1. The first-order valence-electron chi connectivity index (χ1n) is 11.0. The predicted octanol–water partition coefficient (Wildman–Crippen LogP) is 2.60. The van der Waals surface area contributed by atoms with E-state index in [1.54, 1.807) is 12.0 Å². The van der Waals surface area contributed by atoms with Crippen molar-refractivity contribution in [1.82, 2.24) is 15.1 Å². The lowest BCUT2D eigenvalue weighted by molar-refractivity contribution is -0.147. The smallest absolute Gasteiger partial charge is 0.228 e. The molecular weight excluding hydrogens is 366 g/mol. The third kappa shape index (κ3) is 4.58. The topological polar surface area (TPSA) is 61.9 Å². The van der Waals surface area contributed by atoms with E-state index in [9.17, 15) is 9.59 Å². The monoisotopic (exact) mass is 399 g/mol. The van der Waals surface area contributed by atoms with Crippen LogP contribution in [-0.4, -0.2) is 61.4 Å². The van der Waals surface area contributed by atoms with Gasteiger partial charge in [-0.2, -0.15) is 0 Å². The third-order valence-corrected chi connectivity index (χ3v) is 6.83. The molecule has 2 heterocycles.